The molecule has 0 aliphatic heterocycles. The SMILES string of the molecule is CCCNCC(C)NCC1CCC(C)CC1. The molecule has 1 atom stereocenters. The van der Waals surface area contributed by atoms with E-state index >= 15 is 0 Å². The Balaban J connectivity index is 2.00. The largest absolute Gasteiger partial charge is 0.315 e. The van der Waals surface area contributed by atoms with Gasteiger partial charge in [0.05, 0.1) is 0 Å². The van der Waals surface area contributed by atoms with Crippen LogP contribution in [-0.4, -0.2) is 25.7 Å². The molecule has 96 valence electrons. The second kappa shape index (κ2) is 8.08. The van der Waals surface area contributed by atoms with E-state index in [4.69, 9.17) is 0 Å². The fourth-order valence-corrected chi connectivity index (χ4v) is 2.47. The summed E-state index contributed by atoms with van der Waals surface area (Å²) in [6.45, 7) is 10.4. The predicted octanol–water partition coefficient (Wildman–Crippen LogP) is 2.79. The number of nitrogens with one attached hydrogen (secondary N) is 2. The number of rotatable bonds is 7. The van der Waals surface area contributed by atoms with Crippen LogP contribution in [0, 0.1) is 11.8 Å². The minimum atomic E-state index is 0.617. The van der Waals surface area contributed by atoms with Gasteiger partial charge in [0.2, 0.25) is 0 Å². The maximum atomic E-state index is 3.66. The summed E-state index contributed by atoms with van der Waals surface area (Å²) >= 11 is 0. The van der Waals surface area contributed by atoms with Crippen LogP contribution in [0.25, 0.3) is 0 Å². The van der Waals surface area contributed by atoms with Crippen LogP contribution in [0.5, 0.6) is 0 Å². The van der Waals surface area contributed by atoms with E-state index in [1.165, 1.54) is 38.6 Å². The second-order valence-corrected chi connectivity index (χ2v) is 5.64. The van der Waals surface area contributed by atoms with Crippen molar-refractivity contribution in [3.05, 3.63) is 0 Å². The summed E-state index contributed by atoms with van der Waals surface area (Å²) in [4.78, 5) is 0. The van der Waals surface area contributed by atoms with Gasteiger partial charge in [-0.15, -0.1) is 0 Å². The smallest absolute Gasteiger partial charge is 0.0164 e. The summed E-state index contributed by atoms with van der Waals surface area (Å²) in [6.07, 6.45) is 6.98. The predicted molar refractivity (Wildman–Crippen MR) is 71.7 cm³/mol. The maximum Gasteiger partial charge on any atom is 0.0164 e. The highest BCUT2D eigenvalue weighted by Crippen LogP contribution is 2.27. The molecular weight excluding hydrogens is 196 g/mol. The first kappa shape index (κ1) is 14.0. The third-order valence-corrected chi connectivity index (χ3v) is 3.77. The Labute approximate surface area is 102 Å². The molecule has 0 radical (unpaired) electrons. The molecule has 2 N–H and O–H groups in total. The van der Waals surface area contributed by atoms with Crippen molar-refractivity contribution < 1.29 is 0 Å². The summed E-state index contributed by atoms with van der Waals surface area (Å²) in [5, 5.41) is 7.13. The summed E-state index contributed by atoms with van der Waals surface area (Å²) in [6, 6.07) is 0.617. The molecule has 0 bridgehead atoms. The first-order valence-electron chi connectivity index (χ1n) is 7.16. The third-order valence-electron chi connectivity index (χ3n) is 3.77. The summed E-state index contributed by atoms with van der Waals surface area (Å²) in [5.41, 5.74) is 0. The zero-order valence-electron chi connectivity index (χ0n) is 11.4. The van der Waals surface area contributed by atoms with Gasteiger partial charge in [0.15, 0.2) is 0 Å². The minimum Gasteiger partial charge on any atom is -0.315 e. The van der Waals surface area contributed by atoms with E-state index in [0.717, 1.165) is 24.9 Å². The molecule has 2 nitrogen and oxygen atoms in total. The van der Waals surface area contributed by atoms with Crippen molar-refractivity contribution in [2.45, 2.75) is 58.9 Å². The molecule has 0 amide bonds. The van der Waals surface area contributed by atoms with E-state index < -0.39 is 0 Å². The summed E-state index contributed by atoms with van der Waals surface area (Å²) in [5.74, 6) is 1.91. The molecular formula is C14H30N2. The Hall–Kier alpha value is -0.0800. The van der Waals surface area contributed by atoms with Gasteiger partial charge in [-0.3, -0.25) is 0 Å². The van der Waals surface area contributed by atoms with Gasteiger partial charge in [-0.25, -0.2) is 0 Å². The van der Waals surface area contributed by atoms with Crippen LogP contribution >= 0.6 is 0 Å². The van der Waals surface area contributed by atoms with Gasteiger partial charge in [0.25, 0.3) is 0 Å². The van der Waals surface area contributed by atoms with Gasteiger partial charge < -0.3 is 10.6 Å². The lowest BCUT2D eigenvalue weighted by atomic mass is 9.83. The van der Waals surface area contributed by atoms with Crippen molar-refractivity contribution in [3.63, 3.8) is 0 Å². The van der Waals surface area contributed by atoms with Crippen LogP contribution in [0.15, 0.2) is 0 Å². The lowest BCUT2D eigenvalue weighted by Crippen LogP contribution is -2.39. The van der Waals surface area contributed by atoms with E-state index in [9.17, 15) is 0 Å². The van der Waals surface area contributed by atoms with Crippen LogP contribution < -0.4 is 10.6 Å². The number of hydrogen-bond acceptors (Lipinski definition) is 2. The van der Waals surface area contributed by atoms with Gasteiger partial charge in [0.1, 0.15) is 0 Å². The average Bonchev–Trinajstić information content (AvgIpc) is 2.29. The average molecular weight is 226 g/mol. The standard InChI is InChI=1S/C14H30N2/c1-4-9-15-10-13(3)16-11-14-7-5-12(2)6-8-14/h12-16H,4-11H2,1-3H3. The van der Waals surface area contributed by atoms with Crippen molar-refractivity contribution in [3.8, 4) is 0 Å². The lowest BCUT2D eigenvalue weighted by Gasteiger charge is -2.27. The van der Waals surface area contributed by atoms with Crippen LogP contribution in [0.2, 0.25) is 0 Å². The topological polar surface area (TPSA) is 24.1 Å². The van der Waals surface area contributed by atoms with Gasteiger partial charge >= 0.3 is 0 Å². The molecule has 0 aromatic carbocycles. The van der Waals surface area contributed by atoms with E-state index in [-0.39, 0.29) is 0 Å². The molecule has 0 saturated heterocycles. The van der Waals surface area contributed by atoms with Crippen molar-refractivity contribution >= 4 is 0 Å². The monoisotopic (exact) mass is 226 g/mol. The highest BCUT2D eigenvalue weighted by molar-refractivity contribution is 4.74. The first-order valence-corrected chi connectivity index (χ1v) is 7.16. The molecule has 2 heteroatoms. The van der Waals surface area contributed by atoms with Crippen molar-refractivity contribution in [1.82, 2.24) is 10.6 Å². The molecule has 1 rings (SSSR count). The molecule has 0 aromatic rings. The van der Waals surface area contributed by atoms with Gasteiger partial charge in [-0.2, -0.15) is 0 Å². The molecule has 1 aliphatic rings. The minimum absolute atomic E-state index is 0.617. The van der Waals surface area contributed by atoms with Crippen molar-refractivity contribution in [2.75, 3.05) is 19.6 Å². The summed E-state index contributed by atoms with van der Waals surface area (Å²) in [7, 11) is 0. The van der Waals surface area contributed by atoms with Crippen LogP contribution in [0.1, 0.15) is 52.9 Å². The molecule has 0 spiro atoms. The quantitative estimate of drug-likeness (QED) is 0.652. The first-order chi connectivity index (χ1) is 7.72. The van der Waals surface area contributed by atoms with Gasteiger partial charge in [-0.05, 0) is 51.1 Å². The van der Waals surface area contributed by atoms with Gasteiger partial charge in [-0.1, -0.05) is 26.7 Å². The maximum absolute atomic E-state index is 3.66. The fourth-order valence-electron chi connectivity index (χ4n) is 2.47. The zero-order valence-corrected chi connectivity index (χ0v) is 11.4. The lowest BCUT2D eigenvalue weighted by molar-refractivity contribution is 0.274. The van der Waals surface area contributed by atoms with E-state index in [1.54, 1.807) is 0 Å². The third kappa shape index (κ3) is 5.86. The van der Waals surface area contributed by atoms with Crippen molar-refractivity contribution in [1.29, 1.82) is 0 Å². The normalized spacial score (nSPS) is 27.9. The Bertz CT molecular complexity index is 162. The molecule has 1 unspecified atom stereocenters. The highest BCUT2D eigenvalue weighted by atomic mass is 15.0. The van der Waals surface area contributed by atoms with Gasteiger partial charge in [0, 0.05) is 12.6 Å². The van der Waals surface area contributed by atoms with Crippen LogP contribution in [0.4, 0.5) is 0 Å². The molecule has 0 heterocycles. The Kier molecular flexibility index (Phi) is 7.06. The summed E-state index contributed by atoms with van der Waals surface area (Å²) < 4.78 is 0. The Morgan fingerprint density at radius 3 is 2.50 bits per heavy atom. The van der Waals surface area contributed by atoms with Crippen LogP contribution in [0.3, 0.4) is 0 Å². The van der Waals surface area contributed by atoms with Crippen molar-refractivity contribution in [2.24, 2.45) is 11.8 Å². The number of hydrogen-bond donors (Lipinski definition) is 2. The molecule has 1 saturated carbocycles. The van der Waals surface area contributed by atoms with E-state index in [1.807, 2.05) is 0 Å². The molecule has 1 fully saturated rings. The van der Waals surface area contributed by atoms with Crippen LogP contribution in [-0.2, 0) is 0 Å². The Morgan fingerprint density at radius 2 is 1.88 bits per heavy atom. The zero-order chi connectivity index (χ0) is 11.8. The van der Waals surface area contributed by atoms with E-state index in [2.05, 4.69) is 31.4 Å². The second-order valence-electron chi connectivity index (χ2n) is 5.64. The highest BCUT2D eigenvalue weighted by Gasteiger charge is 2.18. The molecule has 1 aliphatic carbocycles. The molecule has 16 heavy (non-hydrogen) atoms. The van der Waals surface area contributed by atoms with E-state index in [0.29, 0.717) is 6.04 Å². The fraction of sp³-hybridized carbons (Fsp3) is 1.00. The Morgan fingerprint density at radius 1 is 1.19 bits per heavy atom. The molecule has 0 aromatic heterocycles.